The highest BCUT2D eigenvalue weighted by Gasteiger charge is 2.12. The predicted octanol–water partition coefficient (Wildman–Crippen LogP) is 4.16. The van der Waals surface area contributed by atoms with Crippen LogP contribution in [0.25, 0.3) is 0 Å². The normalized spacial score (nSPS) is 10.4. The van der Waals surface area contributed by atoms with E-state index in [1.165, 1.54) is 11.3 Å². The molecule has 1 N–H and O–H groups in total. The summed E-state index contributed by atoms with van der Waals surface area (Å²) in [5, 5.41) is 7.12. The molecule has 0 saturated heterocycles. The fraction of sp³-hybridized carbons (Fsp3) is 0.100. The fourth-order valence-electron chi connectivity index (χ4n) is 1.15. The summed E-state index contributed by atoms with van der Waals surface area (Å²) < 4.78 is 1.02. The summed E-state index contributed by atoms with van der Waals surface area (Å²) in [7, 11) is 0. The van der Waals surface area contributed by atoms with E-state index in [1.54, 1.807) is 22.8 Å². The number of carbonyl (C=O) groups is 1. The predicted molar refractivity (Wildman–Crippen MR) is 72.5 cm³/mol. The van der Waals surface area contributed by atoms with Gasteiger partial charge in [-0.2, -0.15) is 0 Å². The van der Waals surface area contributed by atoms with Crippen molar-refractivity contribution in [2.24, 2.45) is 0 Å². The van der Waals surface area contributed by atoms with E-state index in [-0.39, 0.29) is 5.91 Å². The zero-order valence-electron chi connectivity index (χ0n) is 8.00. The van der Waals surface area contributed by atoms with Crippen molar-refractivity contribution in [2.45, 2.75) is 6.54 Å². The van der Waals surface area contributed by atoms with E-state index in [1.807, 2.05) is 11.4 Å². The molecule has 0 aliphatic carbocycles. The van der Waals surface area contributed by atoms with Crippen LogP contribution in [0.1, 0.15) is 14.5 Å². The van der Waals surface area contributed by atoms with Gasteiger partial charge in [-0.25, -0.2) is 0 Å². The van der Waals surface area contributed by atoms with E-state index in [0.717, 1.165) is 9.35 Å². The number of hydrogen-bond acceptors (Lipinski definition) is 3. The van der Waals surface area contributed by atoms with Gasteiger partial charge in [0.1, 0.15) is 4.88 Å². The Hall–Kier alpha value is -0.360. The molecule has 2 aromatic rings. The summed E-state index contributed by atoms with van der Waals surface area (Å²) in [5.74, 6) is -0.125. The first-order valence-electron chi connectivity index (χ1n) is 4.41. The van der Waals surface area contributed by atoms with E-state index in [2.05, 4.69) is 21.2 Å². The summed E-state index contributed by atoms with van der Waals surface area (Å²) in [6.45, 7) is 0.519. The molecule has 0 aromatic carbocycles. The Balaban J connectivity index is 1.99. The van der Waals surface area contributed by atoms with Gasteiger partial charge in [0.05, 0.1) is 11.6 Å². The van der Waals surface area contributed by atoms with Crippen molar-refractivity contribution in [1.82, 2.24) is 5.32 Å². The summed E-state index contributed by atoms with van der Waals surface area (Å²) >= 11 is 12.2. The van der Waals surface area contributed by atoms with Crippen LogP contribution in [-0.2, 0) is 6.54 Å². The zero-order valence-corrected chi connectivity index (χ0v) is 12.0. The number of thiophene rings is 2. The molecule has 2 nitrogen and oxygen atoms in total. The van der Waals surface area contributed by atoms with Crippen LogP contribution in [0.4, 0.5) is 0 Å². The van der Waals surface area contributed by atoms with Gasteiger partial charge >= 0.3 is 0 Å². The molecule has 2 heterocycles. The van der Waals surface area contributed by atoms with Crippen molar-refractivity contribution in [2.75, 3.05) is 0 Å². The van der Waals surface area contributed by atoms with E-state index < -0.39 is 0 Å². The van der Waals surface area contributed by atoms with Crippen LogP contribution >= 0.6 is 50.2 Å². The van der Waals surface area contributed by atoms with Crippen molar-refractivity contribution in [3.63, 3.8) is 0 Å². The maximum absolute atomic E-state index is 11.7. The van der Waals surface area contributed by atoms with E-state index in [9.17, 15) is 4.79 Å². The quantitative estimate of drug-likeness (QED) is 0.896. The number of carbonyl (C=O) groups excluding carboxylic acids is 1. The fourth-order valence-corrected chi connectivity index (χ4v) is 3.64. The maximum atomic E-state index is 11.7. The molecule has 6 heteroatoms. The lowest BCUT2D eigenvalue weighted by Crippen LogP contribution is -2.21. The average Bonchev–Trinajstić information content (AvgIpc) is 2.84. The smallest absolute Gasteiger partial charge is 0.263 e. The highest BCUT2D eigenvalue weighted by Crippen LogP contribution is 2.24. The number of hydrogen-bond donors (Lipinski definition) is 1. The maximum Gasteiger partial charge on any atom is 0.263 e. The summed E-state index contributed by atoms with van der Waals surface area (Å²) in [5.41, 5.74) is 0. The Morgan fingerprint density at radius 3 is 2.69 bits per heavy atom. The molecular formula is C10H7BrClNOS2. The molecule has 0 radical (unpaired) electrons. The topological polar surface area (TPSA) is 29.1 Å². The lowest BCUT2D eigenvalue weighted by atomic mass is 10.4. The summed E-state index contributed by atoms with van der Waals surface area (Å²) in [6.07, 6.45) is 0. The second kappa shape index (κ2) is 5.31. The SMILES string of the molecule is O=C(NCc1sccc1Br)c1sccc1Cl. The molecule has 0 aliphatic rings. The van der Waals surface area contributed by atoms with E-state index in [4.69, 9.17) is 11.6 Å². The minimum Gasteiger partial charge on any atom is -0.346 e. The molecule has 0 unspecified atom stereocenters. The molecular weight excluding hydrogens is 330 g/mol. The second-order valence-corrected chi connectivity index (χ2v) is 6.15. The molecule has 1 amide bonds. The Bertz CT molecular complexity index is 508. The largest absolute Gasteiger partial charge is 0.346 e. The van der Waals surface area contributed by atoms with Gasteiger partial charge in [-0.1, -0.05) is 11.6 Å². The third-order valence-corrected chi connectivity index (χ3v) is 5.19. The Morgan fingerprint density at radius 1 is 1.38 bits per heavy atom. The van der Waals surface area contributed by atoms with Crippen molar-refractivity contribution in [1.29, 1.82) is 0 Å². The lowest BCUT2D eigenvalue weighted by molar-refractivity contribution is 0.0955. The number of nitrogens with one attached hydrogen (secondary N) is 1. The van der Waals surface area contributed by atoms with E-state index >= 15 is 0 Å². The first kappa shape index (κ1) is 12.1. The van der Waals surface area contributed by atoms with Crippen molar-refractivity contribution < 1.29 is 4.79 Å². The standard InChI is InChI=1S/C10H7BrClNOS2/c11-6-1-3-15-8(6)5-13-10(14)9-7(12)2-4-16-9/h1-4H,5H2,(H,13,14). The van der Waals surface area contributed by atoms with Crippen LogP contribution in [-0.4, -0.2) is 5.91 Å². The highest BCUT2D eigenvalue weighted by atomic mass is 79.9. The van der Waals surface area contributed by atoms with E-state index in [0.29, 0.717) is 16.4 Å². The van der Waals surface area contributed by atoms with Gasteiger partial charge in [0.15, 0.2) is 0 Å². The van der Waals surface area contributed by atoms with Gasteiger partial charge in [-0.15, -0.1) is 22.7 Å². The molecule has 0 fully saturated rings. The molecule has 16 heavy (non-hydrogen) atoms. The van der Waals surface area contributed by atoms with Crippen molar-refractivity contribution in [3.05, 3.63) is 42.1 Å². The highest BCUT2D eigenvalue weighted by molar-refractivity contribution is 9.10. The van der Waals surface area contributed by atoms with Crippen LogP contribution in [0.15, 0.2) is 27.4 Å². The van der Waals surface area contributed by atoms with Crippen molar-refractivity contribution in [3.8, 4) is 0 Å². The zero-order chi connectivity index (χ0) is 11.5. The van der Waals surface area contributed by atoms with Gasteiger partial charge < -0.3 is 5.32 Å². The van der Waals surface area contributed by atoms with Crippen LogP contribution in [0.3, 0.4) is 0 Å². The lowest BCUT2D eigenvalue weighted by Gasteiger charge is -2.02. The van der Waals surface area contributed by atoms with Gasteiger partial charge in [0.25, 0.3) is 5.91 Å². The molecule has 0 spiro atoms. The molecule has 0 saturated carbocycles. The van der Waals surface area contributed by atoms with Crippen LogP contribution in [0, 0.1) is 0 Å². The molecule has 84 valence electrons. The summed E-state index contributed by atoms with van der Waals surface area (Å²) in [6, 6.07) is 3.69. The van der Waals surface area contributed by atoms with Gasteiger partial charge in [-0.05, 0) is 38.8 Å². The van der Waals surface area contributed by atoms with Crippen molar-refractivity contribution >= 4 is 56.1 Å². The van der Waals surface area contributed by atoms with Gasteiger partial charge in [0, 0.05) is 9.35 Å². The Kier molecular flexibility index (Phi) is 4.02. The number of rotatable bonds is 3. The second-order valence-electron chi connectivity index (χ2n) is 2.97. The third kappa shape index (κ3) is 2.66. The molecule has 2 aromatic heterocycles. The molecule has 2 rings (SSSR count). The minimum atomic E-state index is -0.125. The third-order valence-electron chi connectivity index (χ3n) is 1.92. The van der Waals surface area contributed by atoms with Crippen LogP contribution in [0.5, 0.6) is 0 Å². The van der Waals surface area contributed by atoms with Crippen LogP contribution in [0.2, 0.25) is 5.02 Å². The molecule has 0 aliphatic heterocycles. The van der Waals surface area contributed by atoms with Gasteiger partial charge in [-0.3, -0.25) is 4.79 Å². The van der Waals surface area contributed by atoms with Gasteiger partial charge in [0.2, 0.25) is 0 Å². The average molecular weight is 337 g/mol. The summed E-state index contributed by atoms with van der Waals surface area (Å²) in [4.78, 5) is 13.4. The Labute approximate surface area is 114 Å². The monoisotopic (exact) mass is 335 g/mol. The molecule has 0 bridgehead atoms. The Morgan fingerprint density at radius 2 is 2.12 bits per heavy atom. The first-order valence-corrected chi connectivity index (χ1v) is 7.34. The molecule has 0 atom stereocenters. The number of amides is 1. The first-order chi connectivity index (χ1) is 7.68. The van der Waals surface area contributed by atoms with Crippen LogP contribution < -0.4 is 5.32 Å². The number of halogens is 2. The minimum absolute atomic E-state index is 0.125.